The average Bonchev–Trinajstić information content (AvgIpc) is 2.82. The fraction of sp³-hybridized carbons (Fsp3) is 0.438. The highest BCUT2D eigenvalue weighted by Crippen LogP contribution is 2.13. The summed E-state index contributed by atoms with van der Waals surface area (Å²) < 4.78 is 0. The van der Waals surface area contributed by atoms with Gasteiger partial charge in [0.2, 0.25) is 0 Å². The summed E-state index contributed by atoms with van der Waals surface area (Å²) in [7, 11) is 0. The largest absolute Gasteiger partial charge is 0.464 e. The van der Waals surface area contributed by atoms with Crippen LogP contribution in [0.1, 0.15) is 36.8 Å². The molecule has 0 spiro atoms. The van der Waals surface area contributed by atoms with E-state index in [0.717, 1.165) is 30.7 Å². The van der Waals surface area contributed by atoms with Gasteiger partial charge < -0.3 is 10.0 Å². The zero-order chi connectivity index (χ0) is 16.7. The minimum atomic E-state index is -1.29. The predicted molar refractivity (Wildman–Crippen MR) is 83.3 cm³/mol. The first-order valence-electron chi connectivity index (χ1n) is 7.65. The second-order valence-electron chi connectivity index (χ2n) is 5.50. The van der Waals surface area contributed by atoms with Crippen LogP contribution in [0.2, 0.25) is 0 Å². The van der Waals surface area contributed by atoms with Crippen molar-refractivity contribution in [3.8, 4) is 6.07 Å². The van der Waals surface area contributed by atoms with Gasteiger partial charge in [-0.2, -0.15) is 5.26 Å². The van der Waals surface area contributed by atoms with E-state index in [1.807, 2.05) is 6.07 Å². The summed E-state index contributed by atoms with van der Waals surface area (Å²) >= 11 is 0. The molecule has 0 atom stereocenters. The maximum Gasteiger partial charge on any atom is 0.423 e. The van der Waals surface area contributed by atoms with Gasteiger partial charge in [0.15, 0.2) is 0 Å². The molecule has 7 heteroatoms. The van der Waals surface area contributed by atoms with Gasteiger partial charge in [0.1, 0.15) is 0 Å². The van der Waals surface area contributed by atoms with Crippen molar-refractivity contribution >= 4 is 12.1 Å². The van der Waals surface area contributed by atoms with Gasteiger partial charge in [0.05, 0.1) is 18.2 Å². The molecule has 0 saturated carbocycles. The van der Waals surface area contributed by atoms with Gasteiger partial charge in [-0.15, -0.1) is 0 Å². The Labute approximate surface area is 135 Å². The van der Waals surface area contributed by atoms with Crippen molar-refractivity contribution in [3.05, 3.63) is 35.4 Å². The zero-order valence-electron chi connectivity index (χ0n) is 12.9. The van der Waals surface area contributed by atoms with Crippen LogP contribution >= 0.6 is 0 Å². The molecule has 1 fully saturated rings. The standard InChI is InChI=1S/C16H20N4O3/c17-11-13-6-5-7-14(10-13)12-20(18-15(21)22)16(23)19-8-3-1-2-4-9-19/h5-7,10,18H,1-4,8-9,12H2,(H,21,22). The molecule has 1 aliphatic heterocycles. The third kappa shape index (κ3) is 4.88. The molecule has 0 aromatic heterocycles. The molecule has 0 bridgehead atoms. The predicted octanol–water partition coefficient (Wildman–Crippen LogP) is 2.54. The van der Waals surface area contributed by atoms with Crippen molar-refractivity contribution in [2.75, 3.05) is 13.1 Å². The van der Waals surface area contributed by atoms with Crippen LogP contribution in [-0.4, -0.2) is 40.2 Å². The Kier molecular flexibility index (Phi) is 5.80. The third-order valence-electron chi connectivity index (χ3n) is 3.73. The number of nitriles is 1. The highest BCUT2D eigenvalue weighted by molar-refractivity contribution is 5.77. The Balaban J connectivity index is 2.13. The number of likely N-dealkylation sites (tertiary alicyclic amines) is 1. The van der Waals surface area contributed by atoms with Gasteiger partial charge >= 0.3 is 12.1 Å². The molecule has 1 heterocycles. The molecule has 2 rings (SSSR count). The van der Waals surface area contributed by atoms with Crippen LogP contribution in [0, 0.1) is 11.3 Å². The van der Waals surface area contributed by atoms with E-state index in [1.54, 1.807) is 29.2 Å². The summed E-state index contributed by atoms with van der Waals surface area (Å²) in [5, 5.41) is 19.0. The fourth-order valence-corrected chi connectivity index (χ4v) is 2.62. The Morgan fingerprint density at radius 1 is 1.26 bits per heavy atom. The van der Waals surface area contributed by atoms with Crippen LogP contribution in [0.5, 0.6) is 0 Å². The minimum absolute atomic E-state index is 0.0805. The van der Waals surface area contributed by atoms with Crippen molar-refractivity contribution in [1.82, 2.24) is 15.3 Å². The van der Waals surface area contributed by atoms with Gasteiger partial charge in [-0.3, -0.25) is 0 Å². The second-order valence-corrected chi connectivity index (χ2v) is 5.50. The second kappa shape index (κ2) is 8.03. The number of carbonyl (C=O) groups excluding carboxylic acids is 1. The Hall–Kier alpha value is -2.75. The summed E-state index contributed by atoms with van der Waals surface area (Å²) in [5.41, 5.74) is 3.33. The number of benzene rings is 1. The number of rotatable bonds is 2. The van der Waals surface area contributed by atoms with Crippen molar-refractivity contribution in [2.24, 2.45) is 0 Å². The molecule has 2 N–H and O–H groups in total. The van der Waals surface area contributed by atoms with E-state index in [2.05, 4.69) is 5.43 Å². The fourth-order valence-electron chi connectivity index (χ4n) is 2.62. The van der Waals surface area contributed by atoms with Gasteiger partial charge in [0.25, 0.3) is 0 Å². The van der Waals surface area contributed by atoms with Crippen LogP contribution in [-0.2, 0) is 6.54 Å². The first-order chi connectivity index (χ1) is 11.1. The van der Waals surface area contributed by atoms with Crippen molar-refractivity contribution in [3.63, 3.8) is 0 Å². The Morgan fingerprint density at radius 3 is 2.57 bits per heavy atom. The first-order valence-corrected chi connectivity index (χ1v) is 7.65. The number of nitrogens with one attached hydrogen (secondary N) is 1. The molecule has 3 amide bonds. The lowest BCUT2D eigenvalue weighted by Gasteiger charge is -2.29. The molecule has 7 nitrogen and oxygen atoms in total. The molecular formula is C16H20N4O3. The quantitative estimate of drug-likeness (QED) is 0.819. The Morgan fingerprint density at radius 2 is 1.96 bits per heavy atom. The molecule has 1 aromatic carbocycles. The molecular weight excluding hydrogens is 296 g/mol. The zero-order valence-corrected chi connectivity index (χ0v) is 12.9. The van der Waals surface area contributed by atoms with Gasteiger partial charge in [-0.05, 0) is 30.5 Å². The van der Waals surface area contributed by atoms with Crippen LogP contribution in [0.25, 0.3) is 0 Å². The van der Waals surface area contributed by atoms with E-state index in [0.29, 0.717) is 24.2 Å². The van der Waals surface area contributed by atoms with Gasteiger partial charge in [0, 0.05) is 13.1 Å². The van der Waals surface area contributed by atoms with E-state index in [-0.39, 0.29) is 12.6 Å². The van der Waals surface area contributed by atoms with Crippen LogP contribution in [0.4, 0.5) is 9.59 Å². The molecule has 1 aliphatic rings. The number of hydrogen-bond donors (Lipinski definition) is 2. The smallest absolute Gasteiger partial charge is 0.423 e. The highest BCUT2D eigenvalue weighted by atomic mass is 16.4. The minimum Gasteiger partial charge on any atom is -0.464 e. The summed E-state index contributed by atoms with van der Waals surface area (Å²) in [6.45, 7) is 1.35. The summed E-state index contributed by atoms with van der Waals surface area (Å²) in [5.74, 6) is 0. The maximum absolute atomic E-state index is 12.6. The van der Waals surface area contributed by atoms with Gasteiger partial charge in [-0.1, -0.05) is 25.0 Å². The molecule has 1 aromatic rings. The summed E-state index contributed by atoms with van der Waals surface area (Å²) in [6, 6.07) is 8.46. The number of urea groups is 1. The lowest BCUT2D eigenvalue weighted by atomic mass is 10.1. The van der Waals surface area contributed by atoms with E-state index in [4.69, 9.17) is 10.4 Å². The van der Waals surface area contributed by atoms with Crippen molar-refractivity contribution in [2.45, 2.75) is 32.2 Å². The van der Waals surface area contributed by atoms with E-state index in [1.165, 1.54) is 0 Å². The lowest BCUT2D eigenvalue weighted by molar-refractivity contribution is 0.114. The highest BCUT2D eigenvalue weighted by Gasteiger charge is 2.23. The first kappa shape index (κ1) is 16.6. The average molecular weight is 316 g/mol. The van der Waals surface area contributed by atoms with Crippen molar-refractivity contribution in [1.29, 1.82) is 5.26 Å². The van der Waals surface area contributed by atoms with Crippen LogP contribution in [0.15, 0.2) is 24.3 Å². The molecule has 23 heavy (non-hydrogen) atoms. The number of nitrogens with zero attached hydrogens (tertiary/aromatic N) is 3. The van der Waals surface area contributed by atoms with Crippen LogP contribution in [0.3, 0.4) is 0 Å². The van der Waals surface area contributed by atoms with E-state index in [9.17, 15) is 9.59 Å². The molecule has 0 radical (unpaired) electrons. The molecule has 1 saturated heterocycles. The van der Waals surface area contributed by atoms with Gasteiger partial charge in [-0.25, -0.2) is 20.0 Å². The SMILES string of the molecule is N#Cc1cccc(CN(NC(=O)O)C(=O)N2CCCCCC2)c1. The van der Waals surface area contributed by atoms with E-state index < -0.39 is 6.09 Å². The third-order valence-corrected chi connectivity index (χ3v) is 3.73. The molecule has 0 unspecified atom stereocenters. The maximum atomic E-state index is 12.6. The summed E-state index contributed by atoms with van der Waals surface area (Å²) in [4.78, 5) is 25.3. The molecule has 122 valence electrons. The van der Waals surface area contributed by atoms with E-state index >= 15 is 0 Å². The van der Waals surface area contributed by atoms with Crippen molar-refractivity contribution < 1.29 is 14.7 Å². The number of carbonyl (C=O) groups is 2. The number of hydrazine groups is 1. The topological polar surface area (TPSA) is 96.7 Å². The number of hydrogen-bond acceptors (Lipinski definition) is 3. The Bertz CT molecular complexity index is 604. The number of amides is 3. The van der Waals surface area contributed by atoms with Crippen LogP contribution < -0.4 is 5.43 Å². The number of carboxylic acid groups (broad SMARTS) is 1. The monoisotopic (exact) mass is 316 g/mol. The normalized spacial score (nSPS) is 14.5. The lowest BCUT2D eigenvalue weighted by Crippen LogP contribution is -2.51. The molecule has 0 aliphatic carbocycles. The summed E-state index contributed by atoms with van der Waals surface area (Å²) in [6.07, 6.45) is 2.73.